The molecule has 2 aromatic heterocycles. The van der Waals surface area contributed by atoms with Crippen LogP contribution in [-0.2, 0) is 6.54 Å². The zero-order valence-corrected chi connectivity index (χ0v) is 16.1. The summed E-state index contributed by atoms with van der Waals surface area (Å²) in [5.74, 6) is 1.00. The van der Waals surface area contributed by atoms with Crippen molar-refractivity contribution in [2.75, 3.05) is 26.2 Å². The number of halogens is 1. The minimum atomic E-state index is -0.0880. The van der Waals surface area contributed by atoms with Gasteiger partial charge in [-0.05, 0) is 31.2 Å². The molecule has 0 aliphatic carbocycles. The van der Waals surface area contributed by atoms with Crippen molar-refractivity contribution < 1.29 is 9.32 Å². The third-order valence-corrected chi connectivity index (χ3v) is 4.84. The molecule has 0 atom stereocenters. The van der Waals surface area contributed by atoms with Crippen molar-refractivity contribution in [1.29, 1.82) is 0 Å². The fraction of sp³-hybridized carbons (Fsp3) is 0.316. The number of amides is 1. The molecule has 0 spiro atoms. The van der Waals surface area contributed by atoms with Gasteiger partial charge in [0.2, 0.25) is 11.7 Å². The van der Waals surface area contributed by atoms with Crippen LogP contribution in [-0.4, -0.2) is 62.0 Å². The number of hydrogen-bond acceptors (Lipinski definition) is 7. The molecule has 3 heterocycles. The maximum atomic E-state index is 12.5. The Hall–Kier alpha value is -2.84. The third-order valence-electron chi connectivity index (χ3n) is 4.59. The fourth-order valence-electron chi connectivity index (χ4n) is 3.00. The molecule has 0 radical (unpaired) electrons. The molecule has 1 saturated heterocycles. The lowest BCUT2D eigenvalue weighted by Crippen LogP contribution is -2.48. The van der Waals surface area contributed by atoms with Crippen molar-refractivity contribution in [3.05, 3.63) is 59.0 Å². The van der Waals surface area contributed by atoms with Crippen LogP contribution in [0.15, 0.2) is 41.2 Å². The number of aryl methyl sites for hydroxylation is 1. The highest BCUT2D eigenvalue weighted by Gasteiger charge is 2.24. The molecular formula is C19H19ClN6O2. The molecule has 3 aromatic rings. The van der Waals surface area contributed by atoms with E-state index in [-0.39, 0.29) is 5.91 Å². The molecule has 144 valence electrons. The number of aromatic nitrogens is 4. The fourth-order valence-corrected chi connectivity index (χ4v) is 3.13. The molecule has 0 saturated carbocycles. The molecular weight excluding hydrogens is 380 g/mol. The number of hydrogen-bond donors (Lipinski definition) is 0. The van der Waals surface area contributed by atoms with Crippen LogP contribution in [0.25, 0.3) is 11.4 Å². The van der Waals surface area contributed by atoms with E-state index in [1.54, 1.807) is 23.2 Å². The van der Waals surface area contributed by atoms with Crippen LogP contribution in [0.5, 0.6) is 0 Å². The first-order valence-electron chi connectivity index (χ1n) is 8.97. The summed E-state index contributed by atoms with van der Waals surface area (Å²) in [6.45, 7) is 5.08. The molecule has 4 rings (SSSR count). The van der Waals surface area contributed by atoms with Gasteiger partial charge in [0.1, 0.15) is 5.69 Å². The van der Waals surface area contributed by atoms with Gasteiger partial charge in [0.15, 0.2) is 0 Å². The smallest absolute Gasteiger partial charge is 0.274 e. The second-order valence-corrected chi connectivity index (χ2v) is 7.07. The lowest BCUT2D eigenvalue weighted by Gasteiger charge is -2.33. The zero-order valence-electron chi connectivity index (χ0n) is 15.4. The van der Waals surface area contributed by atoms with Crippen LogP contribution in [0, 0.1) is 6.92 Å². The van der Waals surface area contributed by atoms with Crippen molar-refractivity contribution >= 4 is 17.5 Å². The Morgan fingerprint density at radius 1 is 1.11 bits per heavy atom. The van der Waals surface area contributed by atoms with Crippen molar-refractivity contribution in [3.8, 4) is 11.4 Å². The summed E-state index contributed by atoms with van der Waals surface area (Å²) in [5.41, 5.74) is 2.02. The summed E-state index contributed by atoms with van der Waals surface area (Å²) in [6, 6.07) is 7.30. The lowest BCUT2D eigenvalue weighted by atomic mass is 10.2. The predicted octanol–water partition coefficient (Wildman–Crippen LogP) is 2.45. The molecule has 28 heavy (non-hydrogen) atoms. The highest BCUT2D eigenvalue weighted by molar-refractivity contribution is 6.30. The van der Waals surface area contributed by atoms with E-state index in [4.69, 9.17) is 16.1 Å². The van der Waals surface area contributed by atoms with Crippen molar-refractivity contribution in [2.45, 2.75) is 13.5 Å². The Balaban J connectivity index is 1.33. The maximum Gasteiger partial charge on any atom is 0.274 e. The standard InChI is InChI=1S/C19H19ClN6O2/c1-13-10-22-16(11-21-13)19(27)26-8-6-25(7-9-26)12-17-23-18(24-28-17)14-2-4-15(20)5-3-14/h2-5,10-11H,6-9,12H2,1H3. The highest BCUT2D eigenvalue weighted by atomic mass is 35.5. The SMILES string of the molecule is Cc1cnc(C(=O)N2CCN(Cc3nc(-c4ccc(Cl)cc4)no3)CC2)cn1. The van der Waals surface area contributed by atoms with Crippen LogP contribution in [0.4, 0.5) is 0 Å². The highest BCUT2D eigenvalue weighted by Crippen LogP contribution is 2.19. The van der Waals surface area contributed by atoms with E-state index in [2.05, 4.69) is 25.0 Å². The molecule has 1 fully saturated rings. The topological polar surface area (TPSA) is 88.3 Å². The maximum absolute atomic E-state index is 12.5. The largest absolute Gasteiger partial charge is 0.338 e. The average Bonchev–Trinajstić information content (AvgIpc) is 3.18. The molecule has 1 aromatic carbocycles. The van der Waals surface area contributed by atoms with Gasteiger partial charge in [-0.3, -0.25) is 14.7 Å². The molecule has 0 N–H and O–H groups in total. The number of benzene rings is 1. The van der Waals surface area contributed by atoms with E-state index in [0.717, 1.165) is 24.3 Å². The van der Waals surface area contributed by atoms with Crippen LogP contribution in [0.2, 0.25) is 5.02 Å². The second kappa shape index (κ2) is 8.04. The summed E-state index contributed by atoms with van der Waals surface area (Å²) >= 11 is 5.91. The van der Waals surface area contributed by atoms with Crippen molar-refractivity contribution in [1.82, 2.24) is 29.9 Å². The summed E-state index contributed by atoms with van der Waals surface area (Å²) in [6.07, 6.45) is 3.14. The first-order chi connectivity index (χ1) is 13.6. The van der Waals surface area contributed by atoms with Crippen LogP contribution < -0.4 is 0 Å². The molecule has 0 unspecified atom stereocenters. The zero-order chi connectivity index (χ0) is 19.5. The van der Waals surface area contributed by atoms with Crippen molar-refractivity contribution in [3.63, 3.8) is 0 Å². The average molecular weight is 399 g/mol. The Morgan fingerprint density at radius 3 is 2.54 bits per heavy atom. The van der Waals surface area contributed by atoms with E-state index in [1.807, 2.05) is 19.1 Å². The monoisotopic (exact) mass is 398 g/mol. The summed E-state index contributed by atoms with van der Waals surface area (Å²) in [5, 5.41) is 4.70. The second-order valence-electron chi connectivity index (χ2n) is 6.63. The van der Waals surface area contributed by atoms with Gasteiger partial charge in [-0.15, -0.1) is 0 Å². The first-order valence-corrected chi connectivity index (χ1v) is 9.35. The van der Waals surface area contributed by atoms with Gasteiger partial charge in [-0.25, -0.2) is 4.98 Å². The number of carbonyl (C=O) groups excluding carboxylic acids is 1. The Morgan fingerprint density at radius 2 is 1.86 bits per heavy atom. The van der Waals surface area contributed by atoms with E-state index in [1.165, 1.54) is 6.20 Å². The van der Waals surface area contributed by atoms with Gasteiger partial charge in [-0.1, -0.05) is 16.8 Å². The number of rotatable bonds is 4. The quantitative estimate of drug-likeness (QED) is 0.666. The molecule has 9 heteroatoms. The minimum Gasteiger partial charge on any atom is -0.338 e. The third kappa shape index (κ3) is 4.18. The van der Waals surface area contributed by atoms with E-state index >= 15 is 0 Å². The van der Waals surface area contributed by atoms with Crippen LogP contribution in [0.3, 0.4) is 0 Å². The van der Waals surface area contributed by atoms with Crippen molar-refractivity contribution in [2.24, 2.45) is 0 Å². The van der Waals surface area contributed by atoms with E-state index in [9.17, 15) is 4.79 Å². The Kier molecular flexibility index (Phi) is 5.31. The first kappa shape index (κ1) is 18.5. The number of carbonyl (C=O) groups is 1. The Labute approximate surface area is 167 Å². The van der Waals surface area contributed by atoms with Crippen LogP contribution in [0.1, 0.15) is 22.1 Å². The predicted molar refractivity (Wildman–Crippen MR) is 103 cm³/mol. The van der Waals surface area contributed by atoms with Gasteiger partial charge in [0.05, 0.1) is 18.4 Å². The van der Waals surface area contributed by atoms with E-state index in [0.29, 0.717) is 42.1 Å². The minimum absolute atomic E-state index is 0.0880. The number of nitrogens with zero attached hydrogens (tertiary/aromatic N) is 6. The summed E-state index contributed by atoms with van der Waals surface area (Å²) in [4.78, 5) is 29.3. The van der Waals surface area contributed by atoms with Gasteiger partial charge >= 0.3 is 0 Å². The Bertz CT molecular complexity index is 949. The molecule has 1 aliphatic rings. The van der Waals surface area contributed by atoms with Crippen LogP contribution >= 0.6 is 11.6 Å². The molecule has 8 nitrogen and oxygen atoms in total. The van der Waals surface area contributed by atoms with Gasteiger partial charge in [-0.2, -0.15) is 4.98 Å². The lowest BCUT2D eigenvalue weighted by molar-refractivity contribution is 0.0609. The summed E-state index contributed by atoms with van der Waals surface area (Å²) in [7, 11) is 0. The molecule has 1 amide bonds. The molecule has 1 aliphatic heterocycles. The number of piperazine rings is 1. The van der Waals surface area contributed by atoms with Gasteiger partial charge in [0, 0.05) is 43.0 Å². The van der Waals surface area contributed by atoms with Gasteiger partial charge in [0.25, 0.3) is 5.91 Å². The normalized spacial score (nSPS) is 15.0. The van der Waals surface area contributed by atoms with E-state index < -0.39 is 0 Å². The summed E-state index contributed by atoms with van der Waals surface area (Å²) < 4.78 is 5.37. The molecule has 0 bridgehead atoms. The van der Waals surface area contributed by atoms with Gasteiger partial charge < -0.3 is 9.42 Å².